The van der Waals surface area contributed by atoms with Gasteiger partial charge in [-0.25, -0.2) is 0 Å². The van der Waals surface area contributed by atoms with Gasteiger partial charge in [0.05, 0.1) is 5.69 Å². The Balaban J connectivity index is 2.20. The minimum atomic E-state index is 0.0193. The van der Waals surface area contributed by atoms with Gasteiger partial charge in [0.25, 0.3) is 5.91 Å². The smallest absolute Gasteiger partial charge is 0.272 e. The molecule has 5 nitrogen and oxygen atoms in total. The highest BCUT2D eigenvalue weighted by Gasteiger charge is 2.25. The third-order valence-corrected chi connectivity index (χ3v) is 3.75. The van der Waals surface area contributed by atoms with Gasteiger partial charge < -0.3 is 10.3 Å². The average molecular weight is 262 g/mol. The number of carbonyl (C=O) groups excluding carboxylic acids is 1. The van der Waals surface area contributed by atoms with Crippen LogP contribution in [0.25, 0.3) is 0 Å². The molecule has 0 radical (unpaired) electrons. The number of hydrogen-bond donors (Lipinski definition) is 2. The molecule has 1 aliphatic rings. The molecule has 5 heteroatoms. The van der Waals surface area contributed by atoms with Crippen molar-refractivity contribution in [3.8, 4) is 0 Å². The van der Waals surface area contributed by atoms with Crippen LogP contribution in [0, 0.1) is 0 Å². The van der Waals surface area contributed by atoms with E-state index >= 15 is 0 Å². The van der Waals surface area contributed by atoms with E-state index in [1.165, 1.54) is 12.8 Å². The van der Waals surface area contributed by atoms with E-state index in [4.69, 9.17) is 5.84 Å². The third kappa shape index (κ3) is 3.23. The molecular weight excluding hydrogens is 240 g/mol. The first-order valence-corrected chi connectivity index (χ1v) is 7.00. The summed E-state index contributed by atoms with van der Waals surface area (Å²) in [6.45, 7) is 2.97. The standard InChI is InChI=1S/C14H22N4O/c1-2-12-6-4-3-5-9-18(12)14(19)13-10-11(17-15)7-8-16-13/h7-8,10,12H,2-6,9,15H2,1H3,(H,16,17). The van der Waals surface area contributed by atoms with Crippen LogP contribution in [0.15, 0.2) is 18.3 Å². The number of hydrogen-bond acceptors (Lipinski definition) is 4. The maximum atomic E-state index is 12.6. The van der Waals surface area contributed by atoms with Gasteiger partial charge in [0, 0.05) is 18.8 Å². The fourth-order valence-corrected chi connectivity index (χ4v) is 2.65. The molecule has 3 N–H and O–H groups in total. The molecule has 0 bridgehead atoms. The quantitative estimate of drug-likeness (QED) is 0.647. The number of amides is 1. The van der Waals surface area contributed by atoms with Crippen molar-refractivity contribution in [3.05, 3.63) is 24.0 Å². The van der Waals surface area contributed by atoms with Crippen LogP contribution in [0.2, 0.25) is 0 Å². The first-order valence-electron chi connectivity index (χ1n) is 7.00. The molecule has 0 saturated carbocycles. The average Bonchev–Trinajstić information content (AvgIpc) is 2.71. The molecule has 2 rings (SSSR count). The summed E-state index contributed by atoms with van der Waals surface area (Å²) >= 11 is 0. The molecule has 1 unspecified atom stereocenters. The molecule has 1 amide bonds. The highest BCUT2D eigenvalue weighted by atomic mass is 16.2. The molecule has 1 saturated heterocycles. The van der Waals surface area contributed by atoms with Gasteiger partial charge in [0.1, 0.15) is 5.69 Å². The van der Waals surface area contributed by atoms with E-state index in [2.05, 4.69) is 17.3 Å². The first kappa shape index (κ1) is 13.8. The van der Waals surface area contributed by atoms with Crippen molar-refractivity contribution >= 4 is 11.6 Å². The summed E-state index contributed by atoms with van der Waals surface area (Å²) in [7, 11) is 0. The highest BCUT2D eigenvalue weighted by molar-refractivity contribution is 5.93. The minimum absolute atomic E-state index is 0.0193. The molecule has 1 aliphatic heterocycles. The van der Waals surface area contributed by atoms with Gasteiger partial charge in [-0.3, -0.25) is 15.6 Å². The molecule has 1 aromatic rings. The minimum Gasteiger partial charge on any atom is -0.334 e. The zero-order valence-corrected chi connectivity index (χ0v) is 11.4. The monoisotopic (exact) mass is 262 g/mol. The molecule has 0 spiro atoms. The van der Waals surface area contributed by atoms with Crippen molar-refractivity contribution < 1.29 is 4.79 Å². The number of aromatic nitrogens is 1. The van der Waals surface area contributed by atoms with Crippen molar-refractivity contribution in [2.24, 2.45) is 5.84 Å². The van der Waals surface area contributed by atoms with Crippen LogP contribution in [-0.2, 0) is 0 Å². The summed E-state index contributed by atoms with van der Waals surface area (Å²) in [5.41, 5.74) is 3.73. The normalized spacial score (nSPS) is 19.9. The van der Waals surface area contributed by atoms with E-state index in [9.17, 15) is 4.79 Å². The Hall–Kier alpha value is -1.62. The molecule has 1 aromatic heterocycles. The number of carbonyl (C=O) groups is 1. The summed E-state index contributed by atoms with van der Waals surface area (Å²) in [5.74, 6) is 5.39. The van der Waals surface area contributed by atoms with Gasteiger partial charge >= 0.3 is 0 Å². The van der Waals surface area contributed by atoms with Crippen LogP contribution in [0.1, 0.15) is 49.5 Å². The van der Waals surface area contributed by atoms with E-state index in [1.807, 2.05) is 4.90 Å². The summed E-state index contributed by atoms with van der Waals surface area (Å²) < 4.78 is 0. The number of likely N-dealkylation sites (tertiary alicyclic amines) is 1. The van der Waals surface area contributed by atoms with Crippen molar-refractivity contribution in [2.45, 2.75) is 45.1 Å². The topological polar surface area (TPSA) is 71.2 Å². The number of nitrogens with zero attached hydrogens (tertiary/aromatic N) is 2. The van der Waals surface area contributed by atoms with Gasteiger partial charge in [-0.2, -0.15) is 0 Å². The predicted octanol–water partition coefficient (Wildman–Crippen LogP) is 2.16. The first-order chi connectivity index (χ1) is 9.26. The maximum Gasteiger partial charge on any atom is 0.272 e. The Morgan fingerprint density at radius 3 is 3.11 bits per heavy atom. The summed E-state index contributed by atoms with van der Waals surface area (Å²) in [6.07, 6.45) is 7.20. The van der Waals surface area contributed by atoms with Gasteiger partial charge in [-0.15, -0.1) is 0 Å². The SMILES string of the molecule is CCC1CCCCCN1C(=O)c1cc(NN)ccn1. The van der Waals surface area contributed by atoms with Gasteiger partial charge in [0.15, 0.2) is 0 Å². The fourth-order valence-electron chi connectivity index (χ4n) is 2.65. The summed E-state index contributed by atoms with van der Waals surface area (Å²) in [6, 6.07) is 3.79. The third-order valence-electron chi connectivity index (χ3n) is 3.75. The van der Waals surface area contributed by atoms with E-state index < -0.39 is 0 Å². The number of anilines is 1. The fraction of sp³-hybridized carbons (Fsp3) is 0.571. The van der Waals surface area contributed by atoms with Crippen molar-refractivity contribution in [3.63, 3.8) is 0 Å². The zero-order valence-electron chi connectivity index (χ0n) is 11.4. The number of hydrazine groups is 1. The highest BCUT2D eigenvalue weighted by Crippen LogP contribution is 2.21. The maximum absolute atomic E-state index is 12.6. The Bertz CT molecular complexity index is 435. The number of nitrogens with one attached hydrogen (secondary N) is 1. The number of nitrogen functional groups attached to an aromatic ring is 1. The Labute approximate surface area is 114 Å². The molecule has 1 fully saturated rings. The van der Waals surface area contributed by atoms with Crippen LogP contribution in [0.3, 0.4) is 0 Å². The van der Waals surface area contributed by atoms with E-state index in [1.54, 1.807) is 18.3 Å². The zero-order chi connectivity index (χ0) is 13.7. The number of nitrogens with two attached hydrogens (primary N) is 1. The second kappa shape index (κ2) is 6.52. The van der Waals surface area contributed by atoms with Gasteiger partial charge in [-0.05, 0) is 31.4 Å². The van der Waals surface area contributed by atoms with Crippen LogP contribution in [0.5, 0.6) is 0 Å². The predicted molar refractivity (Wildman–Crippen MR) is 75.6 cm³/mol. The van der Waals surface area contributed by atoms with Crippen LogP contribution in [-0.4, -0.2) is 28.4 Å². The van der Waals surface area contributed by atoms with E-state index in [-0.39, 0.29) is 5.91 Å². The Morgan fingerprint density at radius 1 is 1.53 bits per heavy atom. The van der Waals surface area contributed by atoms with Gasteiger partial charge in [0.2, 0.25) is 0 Å². The number of pyridine rings is 1. The van der Waals surface area contributed by atoms with Crippen LogP contribution >= 0.6 is 0 Å². The largest absolute Gasteiger partial charge is 0.334 e. The van der Waals surface area contributed by atoms with Crippen LogP contribution < -0.4 is 11.3 Å². The van der Waals surface area contributed by atoms with Gasteiger partial charge in [-0.1, -0.05) is 19.8 Å². The summed E-state index contributed by atoms with van der Waals surface area (Å²) in [4.78, 5) is 18.7. The lowest BCUT2D eigenvalue weighted by Gasteiger charge is -2.29. The molecule has 2 heterocycles. The van der Waals surface area contributed by atoms with E-state index in [0.717, 1.165) is 25.8 Å². The van der Waals surface area contributed by atoms with Crippen LogP contribution in [0.4, 0.5) is 5.69 Å². The Kier molecular flexibility index (Phi) is 4.74. The van der Waals surface area contributed by atoms with E-state index in [0.29, 0.717) is 17.4 Å². The lowest BCUT2D eigenvalue weighted by atomic mass is 10.1. The lowest BCUT2D eigenvalue weighted by Crippen LogP contribution is -2.40. The Morgan fingerprint density at radius 2 is 2.37 bits per heavy atom. The second-order valence-corrected chi connectivity index (χ2v) is 4.98. The molecule has 1 atom stereocenters. The molecule has 0 aromatic carbocycles. The summed E-state index contributed by atoms with van der Waals surface area (Å²) in [5, 5.41) is 0. The molecule has 0 aliphatic carbocycles. The molecule has 104 valence electrons. The van der Waals surface area contributed by atoms with Crippen molar-refractivity contribution in [2.75, 3.05) is 12.0 Å². The molecular formula is C14H22N4O. The second-order valence-electron chi connectivity index (χ2n) is 4.98. The number of rotatable bonds is 3. The molecule has 19 heavy (non-hydrogen) atoms. The lowest BCUT2D eigenvalue weighted by molar-refractivity contribution is 0.0672. The van der Waals surface area contributed by atoms with Crippen molar-refractivity contribution in [1.29, 1.82) is 0 Å². The van der Waals surface area contributed by atoms with Crippen molar-refractivity contribution in [1.82, 2.24) is 9.88 Å².